The van der Waals surface area contributed by atoms with E-state index in [0.717, 1.165) is 50.3 Å². The lowest BCUT2D eigenvalue weighted by molar-refractivity contribution is 0.155. The molecule has 1 aromatic carbocycles. The Morgan fingerprint density at radius 1 is 1.25 bits per heavy atom. The molecular weight excluding hydrogens is 491 g/mol. The van der Waals surface area contributed by atoms with E-state index in [1.54, 1.807) is 18.4 Å². The van der Waals surface area contributed by atoms with E-state index in [0.29, 0.717) is 5.76 Å². The first-order valence-electron chi connectivity index (χ1n) is 9.37. The number of halogens is 2. The van der Waals surface area contributed by atoms with E-state index in [2.05, 4.69) is 26.2 Å². The maximum Gasteiger partial charge on any atom is 0.194 e. The van der Waals surface area contributed by atoms with Crippen molar-refractivity contribution in [1.82, 2.24) is 15.1 Å². The molecule has 3 rings (SSSR count). The number of hydrogen-bond donors (Lipinski definition) is 2. The van der Waals surface area contributed by atoms with Crippen LogP contribution in [0.3, 0.4) is 0 Å². The van der Waals surface area contributed by atoms with Gasteiger partial charge in [-0.05, 0) is 36.8 Å². The number of guanidine groups is 1. The lowest BCUT2D eigenvalue weighted by atomic mass is 10.2. The van der Waals surface area contributed by atoms with Crippen molar-refractivity contribution < 1.29 is 9.52 Å². The van der Waals surface area contributed by atoms with Crippen LogP contribution in [0.2, 0.25) is 5.02 Å². The Hall–Kier alpha value is -1.29. The Bertz CT molecular complexity index is 734. The van der Waals surface area contributed by atoms with Crippen molar-refractivity contribution in [3.8, 4) is 0 Å². The van der Waals surface area contributed by atoms with Gasteiger partial charge >= 0.3 is 0 Å². The van der Waals surface area contributed by atoms with Crippen LogP contribution in [0.5, 0.6) is 0 Å². The maximum atomic E-state index is 10.2. The smallest absolute Gasteiger partial charge is 0.194 e. The molecule has 28 heavy (non-hydrogen) atoms. The number of aliphatic hydroxyl groups excluding tert-OH is 1. The van der Waals surface area contributed by atoms with Crippen LogP contribution < -0.4 is 5.32 Å². The third kappa shape index (κ3) is 6.65. The summed E-state index contributed by atoms with van der Waals surface area (Å²) in [4.78, 5) is 9.26. The molecular formula is C20H28ClIN4O2. The van der Waals surface area contributed by atoms with E-state index in [1.807, 2.05) is 25.1 Å². The zero-order valence-corrected chi connectivity index (χ0v) is 19.1. The number of furan rings is 1. The lowest BCUT2D eigenvalue weighted by Crippen LogP contribution is -2.52. The number of hydrogen-bond acceptors (Lipinski definition) is 4. The Morgan fingerprint density at radius 2 is 2.04 bits per heavy atom. The van der Waals surface area contributed by atoms with Crippen LogP contribution in [0.15, 0.2) is 52.1 Å². The minimum Gasteiger partial charge on any atom is -0.467 e. The van der Waals surface area contributed by atoms with E-state index in [-0.39, 0.29) is 30.5 Å². The Kier molecular flexibility index (Phi) is 9.57. The predicted molar refractivity (Wildman–Crippen MR) is 123 cm³/mol. The highest BCUT2D eigenvalue weighted by atomic mass is 127. The summed E-state index contributed by atoms with van der Waals surface area (Å²) in [5.74, 6) is 1.38. The second-order valence-electron chi connectivity index (χ2n) is 6.62. The van der Waals surface area contributed by atoms with Crippen molar-refractivity contribution in [1.29, 1.82) is 0 Å². The number of aliphatic hydroxyl groups is 1. The largest absolute Gasteiger partial charge is 0.467 e. The average Bonchev–Trinajstić information content (AvgIpc) is 3.21. The number of nitrogens with one attached hydrogen (secondary N) is 1. The fraction of sp³-hybridized carbons (Fsp3) is 0.450. The fourth-order valence-electron chi connectivity index (χ4n) is 3.18. The Labute approximate surface area is 188 Å². The molecule has 0 aliphatic carbocycles. The zero-order chi connectivity index (χ0) is 19.1. The number of nitrogens with zero attached hydrogens (tertiary/aromatic N) is 3. The minimum atomic E-state index is -0.724. The first-order chi connectivity index (χ1) is 13.2. The molecule has 1 aromatic heterocycles. The summed E-state index contributed by atoms with van der Waals surface area (Å²) >= 11 is 6.08. The third-order valence-electron chi connectivity index (χ3n) is 4.59. The summed E-state index contributed by atoms with van der Waals surface area (Å²) in [5, 5.41) is 14.3. The molecule has 154 valence electrons. The van der Waals surface area contributed by atoms with Gasteiger partial charge in [-0.3, -0.25) is 4.90 Å². The first-order valence-corrected chi connectivity index (χ1v) is 9.75. The summed E-state index contributed by atoms with van der Waals surface area (Å²) in [6.07, 6.45) is 0.838. The van der Waals surface area contributed by atoms with Crippen LogP contribution in [0.4, 0.5) is 0 Å². The SMILES string of the molecule is CCNC(=NCC(O)c1ccco1)N1CCN(Cc2cccc(Cl)c2)CC1.I. The Balaban J connectivity index is 0.00000280. The number of benzene rings is 1. The highest BCUT2D eigenvalue weighted by Gasteiger charge is 2.20. The minimum absolute atomic E-state index is 0. The molecule has 2 heterocycles. The standard InChI is InChI=1S/C20H27ClN4O2.HI/c1-2-22-20(23-14-18(26)19-7-4-12-27-19)25-10-8-24(9-11-25)15-16-5-3-6-17(21)13-16;/h3-7,12-13,18,26H,2,8-11,14-15H2,1H3,(H,22,23);1H. The fourth-order valence-corrected chi connectivity index (χ4v) is 3.39. The van der Waals surface area contributed by atoms with Gasteiger partial charge in [-0.2, -0.15) is 0 Å². The molecule has 2 aromatic rings. The van der Waals surface area contributed by atoms with Crippen molar-refractivity contribution in [3.05, 3.63) is 59.0 Å². The molecule has 2 N–H and O–H groups in total. The summed E-state index contributed by atoms with van der Waals surface area (Å²) in [7, 11) is 0. The van der Waals surface area contributed by atoms with Gasteiger partial charge in [0.1, 0.15) is 11.9 Å². The molecule has 1 atom stereocenters. The van der Waals surface area contributed by atoms with Crippen LogP contribution in [-0.2, 0) is 6.54 Å². The van der Waals surface area contributed by atoms with Crippen LogP contribution in [-0.4, -0.2) is 60.1 Å². The van der Waals surface area contributed by atoms with Gasteiger partial charge in [-0.25, -0.2) is 4.99 Å². The van der Waals surface area contributed by atoms with Gasteiger partial charge in [0.25, 0.3) is 0 Å². The molecule has 1 aliphatic rings. The molecule has 1 aliphatic heterocycles. The van der Waals surface area contributed by atoms with E-state index in [1.165, 1.54) is 5.56 Å². The molecule has 1 saturated heterocycles. The average molecular weight is 519 g/mol. The normalized spacial score (nSPS) is 16.5. The van der Waals surface area contributed by atoms with Gasteiger partial charge in [0.2, 0.25) is 0 Å². The molecule has 0 radical (unpaired) electrons. The lowest BCUT2D eigenvalue weighted by Gasteiger charge is -2.36. The highest BCUT2D eigenvalue weighted by molar-refractivity contribution is 14.0. The topological polar surface area (TPSA) is 64.2 Å². The molecule has 0 spiro atoms. The van der Waals surface area contributed by atoms with E-state index < -0.39 is 6.10 Å². The number of aliphatic imine (C=N–C) groups is 1. The summed E-state index contributed by atoms with van der Waals surface area (Å²) in [6, 6.07) is 11.6. The van der Waals surface area contributed by atoms with E-state index in [4.69, 9.17) is 16.0 Å². The van der Waals surface area contributed by atoms with Crippen molar-refractivity contribution in [2.45, 2.75) is 19.6 Å². The van der Waals surface area contributed by atoms with Crippen LogP contribution in [0, 0.1) is 0 Å². The van der Waals surface area contributed by atoms with E-state index >= 15 is 0 Å². The summed E-state index contributed by atoms with van der Waals surface area (Å²) < 4.78 is 5.24. The summed E-state index contributed by atoms with van der Waals surface area (Å²) in [5.41, 5.74) is 1.23. The molecule has 0 bridgehead atoms. The molecule has 0 amide bonds. The van der Waals surface area contributed by atoms with Crippen molar-refractivity contribution >= 4 is 41.5 Å². The van der Waals surface area contributed by atoms with Gasteiger partial charge in [0.05, 0.1) is 12.8 Å². The second kappa shape index (κ2) is 11.6. The van der Waals surface area contributed by atoms with Gasteiger partial charge in [0.15, 0.2) is 5.96 Å². The quantitative estimate of drug-likeness (QED) is 0.349. The Morgan fingerprint density at radius 3 is 2.68 bits per heavy atom. The van der Waals surface area contributed by atoms with Crippen molar-refractivity contribution in [2.24, 2.45) is 4.99 Å². The van der Waals surface area contributed by atoms with Gasteiger partial charge in [0, 0.05) is 44.3 Å². The van der Waals surface area contributed by atoms with Crippen LogP contribution in [0.25, 0.3) is 0 Å². The van der Waals surface area contributed by atoms with Gasteiger partial charge < -0.3 is 19.7 Å². The van der Waals surface area contributed by atoms with Crippen molar-refractivity contribution in [3.63, 3.8) is 0 Å². The van der Waals surface area contributed by atoms with Gasteiger partial charge in [-0.15, -0.1) is 24.0 Å². The number of piperazine rings is 1. The third-order valence-corrected chi connectivity index (χ3v) is 4.82. The van der Waals surface area contributed by atoms with E-state index in [9.17, 15) is 5.11 Å². The molecule has 0 saturated carbocycles. The molecule has 6 nitrogen and oxygen atoms in total. The number of rotatable bonds is 6. The summed E-state index contributed by atoms with van der Waals surface area (Å²) in [6.45, 7) is 7.71. The molecule has 8 heteroatoms. The molecule has 1 fully saturated rings. The van der Waals surface area contributed by atoms with Crippen LogP contribution in [0.1, 0.15) is 24.4 Å². The van der Waals surface area contributed by atoms with Gasteiger partial charge in [-0.1, -0.05) is 23.7 Å². The maximum absolute atomic E-state index is 10.2. The van der Waals surface area contributed by atoms with Crippen molar-refractivity contribution in [2.75, 3.05) is 39.3 Å². The van der Waals surface area contributed by atoms with Crippen LogP contribution >= 0.6 is 35.6 Å². The predicted octanol–water partition coefficient (Wildman–Crippen LogP) is 3.37. The first kappa shape index (κ1) is 23.0. The second-order valence-corrected chi connectivity index (χ2v) is 7.06. The highest BCUT2D eigenvalue weighted by Crippen LogP contribution is 2.15. The molecule has 1 unspecified atom stereocenters. The monoisotopic (exact) mass is 518 g/mol. The zero-order valence-electron chi connectivity index (χ0n) is 16.1.